The summed E-state index contributed by atoms with van der Waals surface area (Å²) >= 11 is 0. The molecular formula is C25H33N3O6. The fourth-order valence-electron chi connectivity index (χ4n) is 4.01. The number of nitrogens with one attached hydrogen (secondary N) is 2. The van der Waals surface area contributed by atoms with Gasteiger partial charge < -0.3 is 34.5 Å². The molecule has 0 bridgehead atoms. The summed E-state index contributed by atoms with van der Waals surface area (Å²) in [6.45, 7) is 1.64. The first-order valence-corrected chi connectivity index (χ1v) is 11.2. The van der Waals surface area contributed by atoms with E-state index in [0.29, 0.717) is 49.0 Å². The SMILES string of the molecule is COc1cccc(CNC(=O)CC2CCN(C(=O)Nc3cc(OC)c(OC)c(OC)c3)CC2)c1. The van der Waals surface area contributed by atoms with E-state index in [1.807, 2.05) is 24.3 Å². The van der Waals surface area contributed by atoms with Gasteiger partial charge in [0.05, 0.1) is 34.1 Å². The molecule has 1 aliphatic rings. The van der Waals surface area contributed by atoms with Crippen molar-refractivity contribution in [2.24, 2.45) is 5.92 Å². The molecule has 0 spiro atoms. The first-order valence-electron chi connectivity index (χ1n) is 11.2. The topological polar surface area (TPSA) is 98.4 Å². The molecule has 2 N–H and O–H groups in total. The molecule has 9 nitrogen and oxygen atoms in total. The number of nitrogens with zero attached hydrogens (tertiary/aromatic N) is 1. The van der Waals surface area contributed by atoms with Crippen LogP contribution in [0.1, 0.15) is 24.8 Å². The van der Waals surface area contributed by atoms with Crippen molar-refractivity contribution in [2.45, 2.75) is 25.8 Å². The molecule has 3 amide bonds. The number of hydrogen-bond donors (Lipinski definition) is 2. The number of hydrogen-bond acceptors (Lipinski definition) is 6. The molecule has 0 radical (unpaired) electrons. The number of ether oxygens (including phenoxy) is 4. The lowest BCUT2D eigenvalue weighted by atomic mass is 9.93. The minimum Gasteiger partial charge on any atom is -0.497 e. The molecule has 34 heavy (non-hydrogen) atoms. The second kappa shape index (κ2) is 12.0. The standard InChI is InChI=1S/C25H33N3O6/c1-31-20-7-5-6-18(12-20)16-26-23(29)13-17-8-10-28(11-9-17)25(30)27-19-14-21(32-2)24(34-4)22(15-19)33-3/h5-7,12,14-15,17H,8-11,13,16H2,1-4H3,(H,26,29)(H,27,30). The average molecular weight is 472 g/mol. The van der Waals surface area contributed by atoms with Crippen LogP contribution in [-0.2, 0) is 11.3 Å². The third-order valence-electron chi connectivity index (χ3n) is 5.92. The van der Waals surface area contributed by atoms with E-state index >= 15 is 0 Å². The van der Waals surface area contributed by atoms with Gasteiger partial charge in [-0.1, -0.05) is 12.1 Å². The predicted octanol–water partition coefficient (Wildman–Crippen LogP) is 3.67. The van der Waals surface area contributed by atoms with Crippen molar-refractivity contribution in [3.8, 4) is 23.0 Å². The van der Waals surface area contributed by atoms with Gasteiger partial charge in [-0.25, -0.2) is 4.79 Å². The molecule has 1 saturated heterocycles. The lowest BCUT2D eigenvalue weighted by molar-refractivity contribution is -0.122. The zero-order valence-corrected chi connectivity index (χ0v) is 20.2. The summed E-state index contributed by atoms with van der Waals surface area (Å²) in [6, 6.07) is 10.8. The van der Waals surface area contributed by atoms with Gasteiger partial charge in [-0.15, -0.1) is 0 Å². The first-order chi connectivity index (χ1) is 16.5. The maximum absolute atomic E-state index is 12.8. The van der Waals surface area contributed by atoms with E-state index < -0.39 is 0 Å². The van der Waals surface area contributed by atoms with Gasteiger partial charge in [-0.05, 0) is 36.5 Å². The number of urea groups is 1. The van der Waals surface area contributed by atoms with Crippen LogP contribution in [0.3, 0.4) is 0 Å². The molecule has 0 unspecified atom stereocenters. The molecule has 0 atom stereocenters. The van der Waals surface area contributed by atoms with Crippen molar-refractivity contribution in [1.29, 1.82) is 0 Å². The van der Waals surface area contributed by atoms with Gasteiger partial charge in [-0.3, -0.25) is 4.79 Å². The Bertz CT molecular complexity index is 963. The van der Waals surface area contributed by atoms with E-state index in [4.69, 9.17) is 18.9 Å². The molecule has 184 valence electrons. The molecule has 1 aliphatic heterocycles. The molecule has 2 aromatic carbocycles. The Kier molecular flexibility index (Phi) is 8.84. The largest absolute Gasteiger partial charge is 0.497 e. The van der Waals surface area contributed by atoms with Crippen molar-refractivity contribution in [1.82, 2.24) is 10.2 Å². The van der Waals surface area contributed by atoms with Crippen molar-refractivity contribution < 1.29 is 28.5 Å². The third-order valence-corrected chi connectivity index (χ3v) is 5.92. The van der Waals surface area contributed by atoms with E-state index in [9.17, 15) is 9.59 Å². The summed E-state index contributed by atoms with van der Waals surface area (Å²) in [5.74, 6) is 2.43. The van der Waals surface area contributed by atoms with Crippen LogP contribution in [-0.4, -0.2) is 58.4 Å². The number of carbonyl (C=O) groups is 2. The van der Waals surface area contributed by atoms with Gasteiger partial charge in [0, 0.05) is 38.2 Å². The number of amides is 3. The number of anilines is 1. The van der Waals surface area contributed by atoms with Crippen LogP contribution >= 0.6 is 0 Å². The Hall–Kier alpha value is -3.62. The van der Waals surface area contributed by atoms with Crippen LogP contribution in [0.15, 0.2) is 36.4 Å². The molecule has 1 heterocycles. The highest BCUT2D eigenvalue weighted by Crippen LogP contribution is 2.40. The lowest BCUT2D eigenvalue weighted by Crippen LogP contribution is -2.41. The first kappa shape index (κ1) is 25.0. The Balaban J connectivity index is 1.47. The summed E-state index contributed by atoms with van der Waals surface area (Å²) in [6.07, 6.45) is 2.00. The van der Waals surface area contributed by atoms with Crippen LogP contribution in [0, 0.1) is 5.92 Å². The highest BCUT2D eigenvalue weighted by molar-refractivity contribution is 5.90. The fraction of sp³-hybridized carbons (Fsp3) is 0.440. The van der Waals surface area contributed by atoms with E-state index in [1.54, 1.807) is 24.1 Å². The zero-order valence-electron chi connectivity index (χ0n) is 20.2. The molecule has 3 rings (SSSR count). The highest BCUT2D eigenvalue weighted by atomic mass is 16.5. The van der Waals surface area contributed by atoms with Gasteiger partial charge in [0.1, 0.15) is 5.75 Å². The molecular weight excluding hydrogens is 438 g/mol. The van der Waals surface area contributed by atoms with E-state index in [-0.39, 0.29) is 17.9 Å². The number of benzene rings is 2. The molecule has 0 aromatic heterocycles. The highest BCUT2D eigenvalue weighted by Gasteiger charge is 2.25. The van der Waals surface area contributed by atoms with Crippen molar-refractivity contribution in [2.75, 3.05) is 46.8 Å². The minimum absolute atomic E-state index is 0.0168. The quantitative estimate of drug-likeness (QED) is 0.579. The van der Waals surface area contributed by atoms with Crippen molar-refractivity contribution >= 4 is 17.6 Å². The van der Waals surface area contributed by atoms with Gasteiger partial charge in [0.15, 0.2) is 11.5 Å². The van der Waals surface area contributed by atoms with Crippen LogP contribution in [0.25, 0.3) is 0 Å². The number of piperidine rings is 1. The normalized spacial score (nSPS) is 13.7. The molecule has 0 saturated carbocycles. The van der Waals surface area contributed by atoms with E-state index in [2.05, 4.69) is 10.6 Å². The fourth-order valence-corrected chi connectivity index (χ4v) is 4.01. The summed E-state index contributed by atoms with van der Waals surface area (Å²) in [5.41, 5.74) is 1.55. The Morgan fingerprint density at radius 3 is 2.21 bits per heavy atom. The number of carbonyl (C=O) groups excluding carboxylic acids is 2. The molecule has 1 fully saturated rings. The summed E-state index contributed by atoms with van der Waals surface area (Å²) < 4.78 is 21.2. The monoisotopic (exact) mass is 471 g/mol. The van der Waals surface area contributed by atoms with E-state index in [1.165, 1.54) is 21.3 Å². The molecule has 2 aromatic rings. The molecule has 0 aliphatic carbocycles. The Morgan fingerprint density at radius 1 is 0.941 bits per heavy atom. The third kappa shape index (κ3) is 6.46. The second-order valence-electron chi connectivity index (χ2n) is 8.11. The summed E-state index contributed by atoms with van der Waals surface area (Å²) in [4.78, 5) is 26.9. The maximum atomic E-state index is 12.8. The maximum Gasteiger partial charge on any atom is 0.321 e. The smallest absolute Gasteiger partial charge is 0.321 e. The zero-order chi connectivity index (χ0) is 24.5. The molecule has 9 heteroatoms. The number of likely N-dealkylation sites (tertiary alicyclic amines) is 1. The minimum atomic E-state index is -0.199. The van der Waals surface area contributed by atoms with Gasteiger partial charge in [0.25, 0.3) is 0 Å². The predicted molar refractivity (Wildman–Crippen MR) is 129 cm³/mol. The van der Waals surface area contributed by atoms with Crippen LogP contribution in [0.4, 0.5) is 10.5 Å². The van der Waals surface area contributed by atoms with E-state index in [0.717, 1.165) is 24.2 Å². The van der Waals surface area contributed by atoms with Gasteiger partial charge >= 0.3 is 6.03 Å². The average Bonchev–Trinajstić information content (AvgIpc) is 2.87. The van der Waals surface area contributed by atoms with Gasteiger partial charge in [0.2, 0.25) is 11.7 Å². The Labute approximate surface area is 200 Å². The van der Waals surface area contributed by atoms with Crippen molar-refractivity contribution in [3.63, 3.8) is 0 Å². The summed E-state index contributed by atoms with van der Waals surface area (Å²) in [5, 5.41) is 5.87. The van der Waals surface area contributed by atoms with Gasteiger partial charge in [-0.2, -0.15) is 0 Å². The van der Waals surface area contributed by atoms with Crippen LogP contribution in [0.2, 0.25) is 0 Å². The van der Waals surface area contributed by atoms with Crippen LogP contribution in [0.5, 0.6) is 23.0 Å². The van der Waals surface area contributed by atoms with Crippen molar-refractivity contribution in [3.05, 3.63) is 42.0 Å². The summed E-state index contributed by atoms with van der Waals surface area (Å²) in [7, 11) is 6.21. The number of methoxy groups -OCH3 is 4. The lowest BCUT2D eigenvalue weighted by Gasteiger charge is -2.31. The van der Waals surface area contributed by atoms with Crippen LogP contribution < -0.4 is 29.6 Å². The Morgan fingerprint density at radius 2 is 1.62 bits per heavy atom. The number of rotatable bonds is 9. The second-order valence-corrected chi connectivity index (χ2v) is 8.11.